The molecule has 2 aromatic heterocycles. The first kappa shape index (κ1) is 13.3. The Morgan fingerprint density at radius 1 is 1.21 bits per heavy atom. The van der Waals surface area contributed by atoms with E-state index in [1.165, 1.54) is 0 Å². The van der Waals surface area contributed by atoms with Crippen LogP contribution >= 0.6 is 0 Å². The van der Waals surface area contributed by atoms with Crippen LogP contribution in [-0.4, -0.2) is 47.2 Å². The summed E-state index contributed by atoms with van der Waals surface area (Å²) in [5.74, 6) is 1.68. The largest absolute Gasteiger partial charge is 0.363 e. The Morgan fingerprint density at radius 2 is 2.05 bits per heavy atom. The molecule has 0 unspecified atom stereocenters. The van der Waals surface area contributed by atoms with Crippen LogP contribution in [0.3, 0.4) is 0 Å². The van der Waals surface area contributed by atoms with Gasteiger partial charge in [0.15, 0.2) is 0 Å². The molecule has 0 aliphatic carbocycles. The molecule has 0 N–H and O–H groups in total. The fourth-order valence-electron chi connectivity index (χ4n) is 1.78. The van der Waals surface area contributed by atoms with Crippen molar-refractivity contribution >= 4 is 11.8 Å². The zero-order chi connectivity index (χ0) is 13.7. The van der Waals surface area contributed by atoms with Crippen molar-refractivity contribution < 1.29 is 0 Å². The highest BCUT2D eigenvalue weighted by Gasteiger charge is 2.06. The molecule has 2 aromatic rings. The van der Waals surface area contributed by atoms with Crippen molar-refractivity contribution in [3.8, 4) is 0 Å². The van der Waals surface area contributed by atoms with Gasteiger partial charge in [-0.05, 0) is 12.5 Å². The Morgan fingerprint density at radius 3 is 2.74 bits per heavy atom. The van der Waals surface area contributed by atoms with Crippen LogP contribution in [0, 0.1) is 0 Å². The number of anilines is 2. The summed E-state index contributed by atoms with van der Waals surface area (Å²) in [6.07, 6.45) is 8.44. The number of aryl methyl sites for hydroxylation is 1. The molecular formula is C13H20N6. The van der Waals surface area contributed by atoms with Crippen molar-refractivity contribution in [2.24, 2.45) is 0 Å². The van der Waals surface area contributed by atoms with Crippen molar-refractivity contribution in [2.45, 2.75) is 13.0 Å². The van der Waals surface area contributed by atoms with Crippen molar-refractivity contribution in [1.82, 2.24) is 19.5 Å². The van der Waals surface area contributed by atoms with Crippen LogP contribution < -0.4 is 9.80 Å². The van der Waals surface area contributed by atoms with Crippen LogP contribution in [0.25, 0.3) is 0 Å². The van der Waals surface area contributed by atoms with Crippen molar-refractivity contribution in [3.63, 3.8) is 0 Å². The van der Waals surface area contributed by atoms with E-state index >= 15 is 0 Å². The van der Waals surface area contributed by atoms with Crippen LogP contribution in [0.4, 0.5) is 11.8 Å². The quantitative estimate of drug-likeness (QED) is 0.782. The highest BCUT2D eigenvalue weighted by molar-refractivity contribution is 5.41. The van der Waals surface area contributed by atoms with Crippen molar-refractivity contribution in [3.05, 3.63) is 31.0 Å². The van der Waals surface area contributed by atoms with Crippen molar-refractivity contribution in [1.29, 1.82) is 0 Å². The normalized spacial score (nSPS) is 10.5. The van der Waals surface area contributed by atoms with Gasteiger partial charge in [-0.25, -0.2) is 9.97 Å². The highest BCUT2D eigenvalue weighted by Crippen LogP contribution is 2.11. The van der Waals surface area contributed by atoms with E-state index in [1.807, 2.05) is 44.6 Å². The molecule has 0 amide bonds. The summed E-state index contributed by atoms with van der Waals surface area (Å²) in [6, 6.07) is 1.91. The number of nitrogens with zero attached hydrogens (tertiary/aromatic N) is 6. The molecule has 0 spiro atoms. The van der Waals surface area contributed by atoms with E-state index in [-0.39, 0.29) is 0 Å². The second-order valence-corrected chi connectivity index (χ2v) is 4.68. The number of hydrogen-bond acceptors (Lipinski definition) is 5. The van der Waals surface area contributed by atoms with E-state index in [1.54, 1.807) is 12.4 Å². The minimum absolute atomic E-state index is 0.761. The summed E-state index contributed by atoms with van der Waals surface area (Å²) in [4.78, 5) is 16.9. The molecule has 0 saturated carbocycles. The zero-order valence-corrected chi connectivity index (χ0v) is 11.7. The topological polar surface area (TPSA) is 50.1 Å². The molecule has 0 saturated heterocycles. The van der Waals surface area contributed by atoms with E-state index in [4.69, 9.17) is 0 Å². The van der Waals surface area contributed by atoms with Gasteiger partial charge < -0.3 is 14.4 Å². The Labute approximate surface area is 113 Å². The van der Waals surface area contributed by atoms with Gasteiger partial charge in [0.1, 0.15) is 5.82 Å². The summed E-state index contributed by atoms with van der Waals surface area (Å²) < 4.78 is 2.07. The Kier molecular flexibility index (Phi) is 4.33. The maximum absolute atomic E-state index is 4.51. The summed E-state index contributed by atoms with van der Waals surface area (Å²) >= 11 is 0. The molecule has 0 atom stereocenters. The Hall–Kier alpha value is -2.11. The summed E-state index contributed by atoms with van der Waals surface area (Å²) in [5.41, 5.74) is 0. The molecule has 0 aliphatic rings. The number of imidazole rings is 1. The summed E-state index contributed by atoms with van der Waals surface area (Å²) in [7, 11) is 5.97. The van der Waals surface area contributed by atoms with Gasteiger partial charge in [0.05, 0.1) is 6.33 Å². The average Bonchev–Trinajstić information content (AvgIpc) is 2.92. The minimum atomic E-state index is 0.761. The molecule has 6 nitrogen and oxygen atoms in total. The summed E-state index contributed by atoms with van der Waals surface area (Å²) in [5, 5.41) is 0. The van der Waals surface area contributed by atoms with Gasteiger partial charge in [0.25, 0.3) is 0 Å². The molecular weight excluding hydrogens is 240 g/mol. The lowest BCUT2D eigenvalue weighted by molar-refractivity contribution is 0.633. The van der Waals surface area contributed by atoms with Gasteiger partial charge in [0.2, 0.25) is 5.95 Å². The molecule has 19 heavy (non-hydrogen) atoms. The van der Waals surface area contributed by atoms with Gasteiger partial charge in [-0.3, -0.25) is 0 Å². The van der Waals surface area contributed by atoms with Crippen LogP contribution in [0.1, 0.15) is 6.42 Å². The SMILES string of the molecule is CN(C)c1ccnc(N(C)CCCn2ccnc2)n1. The fraction of sp³-hybridized carbons (Fsp3) is 0.462. The fourth-order valence-corrected chi connectivity index (χ4v) is 1.78. The number of hydrogen-bond donors (Lipinski definition) is 0. The summed E-state index contributed by atoms with van der Waals surface area (Å²) in [6.45, 7) is 1.87. The molecule has 2 heterocycles. The lowest BCUT2D eigenvalue weighted by Crippen LogP contribution is -2.23. The zero-order valence-electron chi connectivity index (χ0n) is 11.7. The van der Waals surface area contributed by atoms with Gasteiger partial charge in [0, 0.05) is 52.8 Å². The molecule has 2 rings (SSSR count). The first-order chi connectivity index (χ1) is 9.16. The van der Waals surface area contributed by atoms with E-state index in [0.29, 0.717) is 0 Å². The molecule has 6 heteroatoms. The smallest absolute Gasteiger partial charge is 0.226 e. The van der Waals surface area contributed by atoms with Gasteiger partial charge in [-0.15, -0.1) is 0 Å². The van der Waals surface area contributed by atoms with Crippen LogP contribution in [0.5, 0.6) is 0 Å². The predicted molar refractivity (Wildman–Crippen MR) is 76.5 cm³/mol. The lowest BCUT2D eigenvalue weighted by atomic mass is 10.4. The monoisotopic (exact) mass is 260 g/mol. The van der Waals surface area contributed by atoms with E-state index in [0.717, 1.165) is 31.3 Å². The van der Waals surface area contributed by atoms with E-state index in [9.17, 15) is 0 Å². The molecule has 0 aromatic carbocycles. The Bertz CT molecular complexity index is 494. The first-order valence-corrected chi connectivity index (χ1v) is 6.34. The number of aromatic nitrogens is 4. The van der Waals surface area contributed by atoms with E-state index < -0.39 is 0 Å². The maximum Gasteiger partial charge on any atom is 0.226 e. The van der Waals surface area contributed by atoms with Crippen LogP contribution in [0.15, 0.2) is 31.0 Å². The second kappa shape index (κ2) is 6.17. The molecule has 0 fully saturated rings. The van der Waals surface area contributed by atoms with Gasteiger partial charge in [-0.2, -0.15) is 4.98 Å². The first-order valence-electron chi connectivity index (χ1n) is 6.34. The maximum atomic E-state index is 4.51. The lowest BCUT2D eigenvalue weighted by Gasteiger charge is -2.19. The highest BCUT2D eigenvalue weighted by atomic mass is 15.3. The Balaban J connectivity index is 1.88. The predicted octanol–water partition coefficient (Wildman–Crippen LogP) is 1.27. The molecule has 102 valence electrons. The van der Waals surface area contributed by atoms with Gasteiger partial charge >= 0.3 is 0 Å². The average molecular weight is 260 g/mol. The number of rotatable bonds is 6. The molecule has 0 aliphatic heterocycles. The van der Waals surface area contributed by atoms with Crippen LogP contribution in [-0.2, 0) is 6.54 Å². The van der Waals surface area contributed by atoms with Crippen molar-refractivity contribution in [2.75, 3.05) is 37.5 Å². The third kappa shape index (κ3) is 3.67. The van der Waals surface area contributed by atoms with Crippen LogP contribution in [0.2, 0.25) is 0 Å². The van der Waals surface area contributed by atoms with E-state index in [2.05, 4.69) is 24.4 Å². The third-order valence-corrected chi connectivity index (χ3v) is 2.90. The third-order valence-electron chi connectivity index (χ3n) is 2.90. The minimum Gasteiger partial charge on any atom is -0.363 e. The molecule has 0 radical (unpaired) electrons. The van der Waals surface area contributed by atoms with Gasteiger partial charge in [-0.1, -0.05) is 0 Å². The second-order valence-electron chi connectivity index (χ2n) is 4.68. The standard InChI is InChI=1S/C13H20N6/c1-17(2)12-5-6-15-13(16-12)18(3)8-4-9-19-10-7-14-11-19/h5-7,10-11H,4,8-9H2,1-3H3. The molecule has 0 bridgehead atoms.